The number of fused-ring (bicyclic) bond motifs is 1. The number of aromatic nitrogens is 2. The maximum Gasteiger partial charge on any atom is 0.317 e. The fourth-order valence-corrected chi connectivity index (χ4v) is 4.65. The number of aromatic amines is 1. The number of amides is 3. The summed E-state index contributed by atoms with van der Waals surface area (Å²) in [4.78, 5) is 35.6. The molecule has 2 heterocycles. The lowest BCUT2D eigenvalue weighted by molar-refractivity contribution is 0.0951. The zero-order valence-electron chi connectivity index (χ0n) is 20.5. The number of urea groups is 1. The summed E-state index contributed by atoms with van der Waals surface area (Å²) in [6.07, 6.45) is 1.94. The van der Waals surface area contributed by atoms with Crippen LogP contribution in [0.25, 0.3) is 11.0 Å². The van der Waals surface area contributed by atoms with Crippen molar-refractivity contribution in [2.45, 2.75) is 38.8 Å². The Morgan fingerprint density at radius 1 is 0.972 bits per heavy atom. The zero-order chi connectivity index (χ0) is 24.9. The molecule has 7 heteroatoms. The van der Waals surface area contributed by atoms with E-state index in [1.807, 2.05) is 78.6 Å². The molecule has 0 spiro atoms. The number of hydrogen-bond donors (Lipinski definition) is 3. The fraction of sp³-hybridized carbons (Fsp3) is 0.276. The molecule has 1 saturated heterocycles. The average Bonchev–Trinajstić information content (AvgIpc) is 3.36. The highest BCUT2D eigenvalue weighted by Gasteiger charge is 2.26. The van der Waals surface area contributed by atoms with E-state index in [2.05, 4.69) is 15.6 Å². The number of likely N-dealkylation sites (tertiary alicyclic amines) is 1. The smallest absolute Gasteiger partial charge is 0.317 e. The van der Waals surface area contributed by atoms with Gasteiger partial charge in [-0.3, -0.25) is 4.79 Å². The summed E-state index contributed by atoms with van der Waals surface area (Å²) in [6, 6.07) is 23.4. The highest BCUT2D eigenvalue weighted by molar-refractivity contribution is 5.94. The average molecular weight is 482 g/mol. The van der Waals surface area contributed by atoms with Gasteiger partial charge in [0.1, 0.15) is 5.82 Å². The minimum Gasteiger partial charge on any atom is -0.348 e. The van der Waals surface area contributed by atoms with E-state index in [-0.39, 0.29) is 17.9 Å². The summed E-state index contributed by atoms with van der Waals surface area (Å²) in [5, 5.41) is 5.99. The van der Waals surface area contributed by atoms with E-state index < -0.39 is 0 Å². The van der Waals surface area contributed by atoms with Gasteiger partial charge in [0.15, 0.2) is 0 Å². The standard InChI is InChI=1S/C29H31N5O2/c1-20-11-13-21(14-12-20)17-30-28(35)23-7-4-6-22(16-23)18-31-29(36)34-15-5-8-24(19-34)27-32-25-9-2-3-10-26(25)33-27/h2-4,6-7,9-14,16,24H,5,8,15,17-19H2,1H3,(H,30,35)(H,31,36)(H,32,33). The second-order valence-electron chi connectivity index (χ2n) is 9.45. The lowest BCUT2D eigenvalue weighted by Crippen LogP contribution is -2.44. The zero-order valence-corrected chi connectivity index (χ0v) is 20.5. The van der Waals surface area contributed by atoms with E-state index >= 15 is 0 Å². The number of imidazole rings is 1. The Morgan fingerprint density at radius 3 is 2.61 bits per heavy atom. The summed E-state index contributed by atoms with van der Waals surface area (Å²) in [5.41, 5.74) is 5.69. The van der Waals surface area contributed by atoms with Crippen molar-refractivity contribution in [3.05, 3.63) is 101 Å². The summed E-state index contributed by atoms with van der Waals surface area (Å²) in [6.45, 7) is 4.24. The van der Waals surface area contributed by atoms with Crippen LogP contribution in [0.5, 0.6) is 0 Å². The van der Waals surface area contributed by atoms with Crippen LogP contribution in [0.1, 0.15) is 51.6 Å². The van der Waals surface area contributed by atoms with E-state index in [1.165, 1.54) is 5.56 Å². The summed E-state index contributed by atoms with van der Waals surface area (Å²) in [5.74, 6) is 1.00. The lowest BCUT2D eigenvalue weighted by atomic mass is 9.97. The van der Waals surface area contributed by atoms with Gasteiger partial charge in [0.05, 0.1) is 11.0 Å². The van der Waals surface area contributed by atoms with Crippen molar-refractivity contribution >= 4 is 23.0 Å². The van der Waals surface area contributed by atoms with Crippen LogP contribution >= 0.6 is 0 Å². The third-order valence-electron chi connectivity index (χ3n) is 6.71. The first-order valence-electron chi connectivity index (χ1n) is 12.5. The number of nitrogens with zero attached hydrogens (tertiary/aromatic N) is 2. The van der Waals surface area contributed by atoms with Crippen molar-refractivity contribution in [1.82, 2.24) is 25.5 Å². The summed E-state index contributed by atoms with van der Waals surface area (Å²) in [7, 11) is 0. The van der Waals surface area contributed by atoms with Crippen molar-refractivity contribution in [2.24, 2.45) is 0 Å². The number of carbonyl (C=O) groups is 2. The number of piperidine rings is 1. The molecule has 3 amide bonds. The van der Waals surface area contributed by atoms with E-state index in [4.69, 9.17) is 4.98 Å². The molecule has 7 nitrogen and oxygen atoms in total. The van der Waals surface area contributed by atoms with Crippen LogP contribution < -0.4 is 10.6 Å². The highest BCUT2D eigenvalue weighted by Crippen LogP contribution is 2.26. The Kier molecular flexibility index (Phi) is 6.98. The maximum atomic E-state index is 12.9. The minimum absolute atomic E-state index is 0.0926. The molecule has 36 heavy (non-hydrogen) atoms. The van der Waals surface area contributed by atoms with Crippen molar-refractivity contribution in [3.63, 3.8) is 0 Å². The monoisotopic (exact) mass is 481 g/mol. The first kappa shape index (κ1) is 23.6. The number of carbonyl (C=O) groups excluding carboxylic acids is 2. The third kappa shape index (κ3) is 5.57. The van der Waals surface area contributed by atoms with Crippen LogP contribution in [0.2, 0.25) is 0 Å². The Morgan fingerprint density at radius 2 is 1.78 bits per heavy atom. The molecule has 3 aromatic carbocycles. The largest absolute Gasteiger partial charge is 0.348 e. The van der Waals surface area contributed by atoms with Gasteiger partial charge in [-0.2, -0.15) is 0 Å². The first-order valence-corrected chi connectivity index (χ1v) is 12.5. The van der Waals surface area contributed by atoms with Gasteiger partial charge in [-0.15, -0.1) is 0 Å². The second-order valence-corrected chi connectivity index (χ2v) is 9.45. The van der Waals surface area contributed by atoms with Crippen molar-refractivity contribution in [2.75, 3.05) is 13.1 Å². The normalized spacial score (nSPS) is 15.6. The van der Waals surface area contributed by atoms with Gasteiger partial charge in [-0.1, -0.05) is 54.1 Å². The Balaban J connectivity index is 1.15. The van der Waals surface area contributed by atoms with Crippen LogP contribution in [-0.2, 0) is 13.1 Å². The number of para-hydroxylation sites is 2. The molecule has 5 rings (SSSR count). The van der Waals surface area contributed by atoms with Crippen LogP contribution in [0.15, 0.2) is 72.8 Å². The molecule has 1 aliphatic heterocycles. The predicted octanol–water partition coefficient (Wildman–Crippen LogP) is 4.89. The van der Waals surface area contributed by atoms with Crippen LogP contribution in [0.3, 0.4) is 0 Å². The molecule has 3 N–H and O–H groups in total. The molecule has 1 aliphatic rings. The van der Waals surface area contributed by atoms with E-state index in [1.54, 1.807) is 6.07 Å². The number of nitrogens with one attached hydrogen (secondary N) is 3. The first-order chi connectivity index (χ1) is 17.5. The van der Waals surface area contributed by atoms with Gasteiger partial charge < -0.3 is 20.5 Å². The second kappa shape index (κ2) is 10.6. The van der Waals surface area contributed by atoms with E-state index in [0.717, 1.165) is 47.4 Å². The molecule has 1 fully saturated rings. The topological polar surface area (TPSA) is 90.1 Å². The van der Waals surface area contributed by atoms with Crippen molar-refractivity contribution < 1.29 is 9.59 Å². The van der Waals surface area contributed by atoms with Crippen LogP contribution in [0, 0.1) is 6.92 Å². The molecule has 1 unspecified atom stereocenters. The molecular weight excluding hydrogens is 450 g/mol. The number of H-pyrrole nitrogens is 1. The number of benzene rings is 3. The number of aryl methyl sites for hydroxylation is 1. The third-order valence-corrected chi connectivity index (χ3v) is 6.71. The molecule has 0 radical (unpaired) electrons. The predicted molar refractivity (Wildman–Crippen MR) is 141 cm³/mol. The molecular formula is C29H31N5O2. The molecule has 0 bridgehead atoms. The van der Waals surface area contributed by atoms with Gasteiger partial charge in [-0.25, -0.2) is 9.78 Å². The van der Waals surface area contributed by atoms with E-state index in [0.29, 0.717) is 25.2 Å². The molecule has 0 aliphatic carbocycles. The summed E-state index contributed by atoms with van der Waals surface area (Å²) < 4.78 is 0. The Labute approximate surface area is 210 Å². The molecule has 0 saturated carbocycles. The van der Waals surface area contributed by atoms with Crippen LogP contribution in [0.4, 0.5) is 4.79 Å². The van der Waals surface area contributed by atoms with Crippen molar-refractivity contribution in [3.8, 4) is 0 Å². The Hall–Kier alpha value is -4.13. The lowest BCUT2D eigenvalue weighted by Gasteiger charge is -2.31. The van der Waals surface area contributed by atoms with Crippen LogP contribution in [-0.4, -0.2) is 39.9 Å². The quantitative estimate of drug-likeness (QED) is 0.366. The van der Waals surface area contributed by atoms with E-state index in [9.17, 15) is 9.59 Å². The minimum atomic E-state index is -0.131. The van der Waals surface area contributed by atoms with Gasteiger partial charge in [-0.05, 0) is 55.2 Å². The van der Waals surface area contributed by atoms with Gasteiger partial charge in [0.25, 0.3) is 5.91 Å². The summed E-state index contributed by atoms with van der Waals surface area (Å²) >= 11 is 0. The van der Waals surface area contributed by atoms with Gasteiger partial charge >= 0.3 is 6.03 Å². The fourth-order valence-electron chi connectivity index (χ4n) is 4.65. The van der Waals surface area contributed by atoms with Crippen molar-refractivity contribution in [1.29, 1.82) is 0 Å². The molecule has 1 aromatic heterocycles. The van der Waals surface area contributed by atoms with Gasteiger partial charge in [0, 0.05) is 37.7 Å². The number of hydrogen-bond acceptors (Lipinski definition) is 3. The Bertz CT molecular complexity index is 1330. The highest BCUT2D eigenvalue weighted by atomic mass is 16.2. The maximum absolute atomic E-state index is 12.9. The molecule has 4 aromatic rings. The van der Waals surface area contributed by atoms with Gasteiger partial charge in [0.2, 0.25) is 0 Å². The SMILES string of the molecule is Cc1ccc(CNC(=O)c2cccc(CNC(=O)N3CCCC(c4nc5ccccc5[nH]4)C3)c2)cc1. The molecule has 184 valence electrons. The molecule has 1 atom stereocenters. The number of rotatable bonds is 6.